The Labute approximate surface area is 196 Å². The Hall–Kier alpha value is -4.13. The molecule has 34 heavy (non-hydrogen) atoms. The largest absolute Gasteiger partial charge is 0.507 e. The van der Waals surface area contributed by atoms with E-state index in [1.807, 2.05) is 25.1 Å². The van der Waals surface area contributed by atoms with E-state index in [4.69, 9.17) is 9.47 Å². The summed E-state index contributed by atoms with van der Waals surface area (Å²) in [6.45, 7) is 2.03. The molecule has 1 saturated heterocycles. The third-order valence-electron chi connectivity index (χ3n) is 5.83. The molecule has 1 aliphatic heterocycles. The van der Waals surface area contributed by atoms with E-state index >= 15 is 0 Å². The van der Waals surface area contributed by atoms with Gasteiger partial charge < -0.3 is 19.5 Å². The topological polar surface area (TPSA) is 76.1 Å². The van der Waals surface area contributed by atoms with Gasteiger partial charge >= 0.3 is 0 Å². The monoisotopic (exact) mass is 461 g/mol. The summed E-state index contributed by atoms with van der Waals surface area (Å²) in [5.74, 6) is -1.84. The first-order valence-corrected chi connectivity index (χ1v) is 10.7. The molecule has 0 aliphatic carbocycles. The van der Waals surface area contributed by atoms with Crippen LogP contribution in [0, 0.1) is 12.7 Å². The van der Waals surface area contributed by atoms with E-state index in [9.17, 15) is 19.1 Å². The standard InChI is InChI=1S/C27H24FNO5/c1-16-5-4-6-18(13-16)24-23(25(30)21-14-19(28)9-12-22(21)34-3)26(31)27(32)29(24)15-17-7-10-20(33-2)11-8-17/h4-14,24,30H,15H2,1-3H3/b25-23+. The zero-order chi connectivity index (χ0) is 24.4. The van der Waals surface area contributed by atoms with E-state index in [1.165, 1.54) is 24.1 Å². The van der Waals surface area contributed by atoms with Crippen molar-refractivity contribution in [3.8, 4) is 11.5 Å². The van der Waals surface area contributed by atoms with Gasteiger partial charge in [0.05, 0.1) is 31.4 Å². The number of Topliss-reactive ketones (excluding diaryl/α,β-unsaturated/α-hetero) is 1. The van der Waals surface area contributed by atoms with Crippen LogP contribution >= 0.6 is 0 Å². The number of benzene rings is 3. The van der Waals surface area contributed by atoms with E-state index in [2.05, 4.69) is 0 Å². The van der Waals surface area contributed by atoms with E-state index in [1.54, 1.807) is 37.4 Å². The number of aliphatic hydroxyl groups is 1. The van der Waals surface area contributed by atoms with Gasteiger partial charge in [-0.25, -0.2) is 4.39 Å². The molecule has 1 atom stereocenters. The lowest BCUT2D eigenvalue weighted by atomic mass is 9.94. The molecule has 1 heterocycles. The van der Waals surface area contributed by atoms with Crippen LogP contribution in [0.1, 0.15) is 28.3 Å². The lowest BCUT2D eigenvalue weighted by molar-refractivity contribution is -0.140. The normalized spacial score (nSPS) is 17.2. The maximum absolute atomic E-state index is 14.0. The van der Waals surface area contributed by atoms with Crippen LogP contribution in [0.5, 0.6) is 11.5 Å². The molecule has 0 bridgehead atoms. The Kier molecular flexibility index (Phi) is 6.36. The van der Waals surface area contributed by atoms with Crippen LogP contribution in [-0.4, -0.2) is 35.9 Å². The van der Waals surface area contributed by atoms with Gasteiger partial charge in [0.15, 0.2) is 0 Å². The van der Waals surface area contributed by atoms with Gasteiger partial charge in [0, 0.05) is 6.54 Å². The number of carbonyl (C=O) groups is 2. The predicted molar refractivity (Wildman–Crippen MR) is 125 cm³/mol. The second-order valence-electron chi connectivity index (χ2n) is 8.03. The van der Waals surface area contributed by atoms with Gasteiger partial charge in [0.25, 0.3) is 11.7 Å². The Morgan fingerprint density at radius 2 is 1.74 bits per heavy atom. The number of carbonyl (C=O) groups excluding carboxylic acids is 2. The number of ether oxygens (including phenoxy) is 2. The van der Waals surface area contributed by atoms with Crippen molar-refractivity contribution in [2.45, 2.75) is 19.5 Å². The molecule has 0 aromatic heterocycles. The number of aliphatic hydroxyl groups excluding tert-OH is 1. The molecule has 1 N–H and O–H groups in total. The molecule has 174 valence electrons. The molecule has 0 radical (unpaired) electrons. The molecule has 1 amide bonds. The predicted octanol–water partition coefficient (Wildman–Crippen LogP) is 4.77. The second kappa shape index (κ2) is 9.39. The van der Waals surface area contributed by atoms with Gasteiger partial charge in [0.2, 0.25) is 0 Å². The van der Waals surface area contributed by atoms with Gasteiger partial charge in [-0.15, -0.1) is 0 Å². The SMILES string of the molecule is COc1ccc(CN2C(=O)C(=O)/C(=C(/O)c3cc(F)ccc3OC)C2c2cccc(C)c2)cc1. The highest BCUT2D eigenvalue weighted by Crippen LogP contribution is 2.42. The van der Waals surface area contributed by atoms with Crippen molar-refractivity contribution >= 4 is 17.4 Å². The summed E-state index contributed by atoms with van der Waals surface area (Å²) in [6.07, 6.45) is 0. The molecule has 3 aromatic rings. The highest BCUT2D eigenvalue weighted by atomic mass is 19.1. The second-order valence-corrected chi connectivity index (χ2v) is 8.03. The quantitative estimate of drug-likeness (QED) is 0.325. The zero-order valence-electron chi connectivity index (χ0n) is 19.0. The number of hydrogen-bond donors (Lipinski definition) is 1. The van der Waals surface area contributed by atoms with E-state index in [0.29, 0.717) is 11.3 Å². The zero-order valence-corrected chi connectivity index (χ0v) is 19.0. The Balaban J connectivity index is 1.88. The first-order chi connectivity index (χ1) is 16.3. The Morgan fingerprint density at radius 3 is 2.38 bits per heavy atom. The van der Waals surface area contributed by atoms with Gasteiger partial charge in [-0.2, -0.15) is 0 Å². The smallest absolute Gasteiger partial charge is 0.295 e. The number of methoxy groups -OCH3 is 2. The molecule has 0 spiro atoms. The van der Waals surface area contributed by atoms with Crippen LogP contribution in [-0.2, 0) is 16.1 Å². The molecule has 3 aromatic carbocycles. The van der Waals surface area contributed by atoms with Crippen LogP contribution in [0.25, 0.3) is 5.76 Å². The minimum Gasteiger partial charge on any atom is -0.507 e. The average Bonchev–Trinajstić information content (AvgIpc) is 3.09. The summed E-state index contributed by atoms with van der Waals surface area (Å²) in [6, 6.07) is 17.3. The van der Waals surface area contributed by atoms with E-state index in [-0.39, 0.29) is 23.4 Å². The summed E-state index contributed by atoms with van der Waals surface area (Å²) < 4.78 is 24.5. The highest BCUT2D eigenvalue weighted by Gasteiger charge is 2.46. The number of ketones is 1. The first kappa shape index (κ1) is 23.0. The maximum Gasteiger partial charge on any atom is 0.295 e. The summed E-state index contributed by atoms with van der Waals surface area (Å²) >= 11 is 0. The Bertz CT molecular complexity index is 1280. The van der Waals surface area contributed by atoms with Crippen molar-refractivity contribution in [2.24, 2.45) is 0 Å². The van der Waals surface area contributed by atoms with Crippen LogP contribution < -0.4 is 9.47 Å². The van der Waals surface area contributed by atoms with Crippen molar-refractivity contribution in [3.05, 3.63) is 100 Å². The first-order valence-electron chi connectivity index (χ1n) is 10.7. The molecule has 6 nitrogen and oxygen atoms in total. The number of amides is 1. The van der Waals surface area contributed by atoms with Crippen molar-refractivity contribution in [2.75, 3.05) is 14.2 Å². The van der Waals surface area contributed by atoms with Gasteiger partial charge in [-0.1, -0.05) is 42.0 Å². The van der Waals surface area contributed by atoms with Gasteiger partial charge in [-0.05, 0) is 48.4 Å². The molecular weight excluding hydrogens is 437 g/mol. The highest BCUT2D eigenvalue weighted by molar-refractivity contribution is 6.46. The number of aryl methyl sites for hydroxylation is 1. The van der Waals surface area contributed by atoms with E-state index < -0.39 is 29.3 Å². The molecule has 1 fully saturated rings. The molecule has 1 unspecified atom stereocenters. The lowest BCUT2D eigenvalue weighted by Gasteiger charge is -2.26. The number of halogens is 1. The minimum absolute atomic E-state index is 0.00241. The maximum atomic E-state index is 14.0. The van der Waals surface area contributed by atoms with Crippen LogP contribution in [0.4, 0.5) is 4.39 Å². The number of hydrogen-bond acceptors (Lipinski definition) is 5. The summed E-state index contributed by atoms with van der Waals surface area (Å²) in [4.78, 5) is 27.8. The molecule has 0 saturated carbocycles. The number of likely N-dealkylation sites (tertiary alicyclic amines) is 1. The van der Waals surface area contributed by atoms with Crippen LogP contribution in [0.3, 0.4) is 0 Å². The fraction of sp³-hybridized carbons (Fsp3) is 0.185. The van der Waals surface area contributed by atoms with Crippen molar-refractivity contribution in [1.82, 2.24) is 4.90 Å². The number of nitrogens with zero attached hydrogens (tertiary/aromatic N) is 1. The van der Waals surface area contributed by atoms with Gasteiger partial charge in [-0.3, -0.25) is 9.59 Å². The molecule has 4 rings (SSSR count). The number of rotatable bonds is 6. The third kappa shape index (κ3) is 4.24. The molecular formula is C27H24FNO5. The Morgan fingerprint density at radius 1 is 1.00 bits per heavy atom. The van der Waals surface area contributed by atoms with Crippen molar-refractivity contribution in [3.63, 3.8) is 0 Å². The van der Waals surface area contributed by atoms with Crippen molar-refractivity contribution in [1.29, 1.82) is 0 Å². The molecule has 7 heteroatoms. The van der Waals surface area contributed by atoms with E-state index in [0.717, 1.165) is 17.2 Å². The fourth-order valence-electron chi connectivity index (χ4n) is 4.17. The van der Waals surface area contributed by atoms with Gasteiger partial charge in [0.1, 0.15) is 23.1 Å². The van der Waals surface area contributed by atoms with Crippen molar-refractivity contribution < 1.29 is 28.6 Å². The average molecular weight is 461 g/mol. The summed E-state index contributed by atoms with van der Waals surface area (Å²) in [5.41, 5.74) is 2.25. The van der Waals surface area contributed by atoms with Crippen LogP contribution in [0.2, 0.25) is 0 Å². The summed E-state index contributed by atoms with van der Waals surface area (Å²) in [7, 11) is 2.94. The lowest BCUT2D eigenvalue weighted by Crippen LogP contribution is -2.29. The summed E-state index contributed by atoms with van der Waals surface area (Å²) in [5, 5.41) is 11.2. The molecule has 1 aliphatic rings. The fourth-order valence-corrected chi connectivity index (χ4v) is 4.17. The third-order valence-corrected chi connectivity index (χ3v) is 5.83. The van der Waals surface area contributed by atoms with Crippen LogP contribution in [0.15, 0.2) is 72.3 Å². The minimum atomic E-state index is -0.866.